The molecule has 0 fully saturated rings. The van der Waals surface area contributed by atoms with E-state index in [-0.39, 0.29) is 0 Å². The molecule has 0 unspecified atom stereocenters. The van der Waals surface area contributed by atoms with Crippen LogP contribution in [-0.4, -0.2) is 46.7 Å². The van der Waals surface area contributed by atoms with Gasteiger partial charge in [-0.2, -0.15) is 5.10 Å². The van der Waals surface area contributed by atoms with Crippen LogP contribution in [-0.2, 0) is 16.0 Å². The molecule has 1 N–H and O–H groups in total. The minimum Gasteiger partial charge on any atom is -0.382 e. The number of nitrogens with one attached hydrogen (secondary N) is 1. The van der Waals surface area contributed by atoms with Gasteiger partial charge in [-0.05, 0) is 24.4 Å². The van der Waals surface area contributed by atoms with Crippen LogP contribution in [0.5, 0.6) is 0 Å². The predicted octanol–water partition coefficient (Wildman–Crippen LogP) is 1.67. The van der Waals surface area contributed by atoms with Gasteiger partial charge in [-0.15, -0.1) is 0 Å². The average molecular weight is 280 g/mol. The zero-order valence-electron chi connectivity index (χ0n) is 10.7. The van der Waals surface area contributed by atoms with Crippen molar-refractivity contribution < 1.29 is 9.47 Å². The minimum absolute atomic E-state index is 0.565. The molecule has 0 aromatic carbocycles. The monoisotopic (exact) mass is 280 g/mol. The van der Waals surface area contributed by atoms with Crippen molar-refractivity contribution in [2.75, 3.05) is 26.9 Å². The maximum absolute atomic E-state index is 5.45. The van der Waals surface area contributed by atoms with Crippen molar-refractivity contribution in [3.8, 4) is 11.4 Å². The lowest BCUT2D eigenvalue weighted by Crippen LogP contribution is -2.10. The molecule has 0 radical (unpaired) electrons. The van der Waals surface area contributed by atoms with Crippen LogP contribution in [0.15, 0.2) is 24.5 Å². The molecule has 19 heavy (non-hydrogen) atoms. The molecule has 0 saturated carbocycles. The fourth-order valence-electron chi connectivity index (χ4n) is 1.65. The third-order valence-corrected chi connectivity index (χ3v) is 2.90. The topological polar surface area (TPSA) is 65.0 Å². The Labute approximate surface area is 116 Å². The van der Waals surface area contributed by atoms with Gasteiger partial charge in [0.15, 0.2) is 10.6 Å². The van der Waals surface area contributed by atoms with E-state index >= 15 is 0 Å². The maximum Gasteiger partial charge on any atom is 0.195 e. The average Bonchev–Trinajstić information content (AvgIpc) is 2.81. The van der Waals surface area contributed by atoms with Crippen LogP contribution in [0.2, 0.25) is 0 Å². The molecule has 102 valence electrons. The number of aromatic nitrogens is 4. The molecule has 0 aliphatic heterocycles. The fraction of sp³-hybridized carbons (Fsp3) is 0.417. The van der Waals surface area contributed by atoms with E-state index in [9.17, 15) is 0 Å². The Morgan fingerprint density at radius 1 is 1.26 bits per heavy atom. The summed E-state index contributed by atoms with van der Waals surface area (Å²) in [7, 11) is 1.65. The van der Waals surface area contributed by atoms with Crippen molar-refractivity contribution >= 4 is 12.2 Å². The Hall–Kier alpha value is -1.57. The van der Waals surface area contributed by atoms with Crippen molar-refractivity contribution in [2.24, 2.45) is 0 Å². The smallest absolute Gasteiger partial charge is 0.195 e. The number of nitrogens with zero attached hydrogens (tertiary/aromatic N) is 3. The van der Waals surface area contributed by atoms with Gasteiger partial charge in [0.25, 0.3) is 0 Å². The zero-order chi connectivity index (χ0) is 13.5. The summed E-state index contributed by atoms with van der Waals surface area (Å²) in [5.41, 5.74) is 0.972. The molecule has 0 bridgehead atoms. The standard InChI is InChI=1S/C12H16N4O2S/c1-17-8-9-18-7-6-16-11(14-15-12(16)19)10-2-4-13-5-3-10/h2-5H,6-9H2,1H3,(H,15,19). The van der Waals surface area contributed by atoms with Gasteiger partial charge in [0.05, 0.1) is 26.4 Å². The van der Waals surface area contributed by atoms with Gasteiger partial charge in [-0.1, -0.05) is 0 Å². The third kappa shape index (κ3) is 3.69. The molecule has 2 aromatic rings. The fourth-order valence-corrected chi connectivity index (χ4v) is 1.87. The molecule has 2 heterocycles. The number of ether oxygens (including phenoxy) is 2. The van der Waals surface area contributed by atoms with E-state index in [0.29, 0.717) is 31.1 Å². The lowest BCUT2D eigenvalue weighted by Gasteiger charge is -2.07. The first-order valence-electron chi connectivity index (χ1n) is 5.95. The van der Waals surface area contributed by atoms with Crippen molar-refractivity contribution in [3.63, 3.8) is 0 Å². The van der Waals surface area contributed by atoms with Gasteiger partial charge in [0.1, 0.15) is 0 Å². The summed E-state index contributed by atoms with van der Waals surface area (Å²) >= 11 is 5.22. The molecule has 0 saturated heterocycles. The van der Waals surface area contributed by atoms with Gasteiger partial charge in [-0.3, -0.25) is 14.6 Å². The molecule has 0 aliphatic carbocycles. The van der Waals surface area contributed by atoms with Gasteiger partial charge in [0, 0.05) is 25.1 Å². The highest BCUT2D eigenvalue weighted by Gasteiger charge is 2.08. The first-order valence-corrected chi connectivity index (χ1v) is 6.36. The van der Waals surface area contributed by atoms with Gasteiger partial charge in [0.2, 0.25) is 0 Å². The Morgan fingerprint density at radius 2 is 2.05 bits per heavy atom. The van der Waals surface area contributed by atoms with E-state index in [4.69, 9.17) is 21.7 Å². The normalized spacial score (nSPS) is 10.8. The molecule has 0 amide bonds. The Balaban J connectivity index is 2.04. The summed E-state index contributed by atoms with van der Waals surface area (Å²) < 4.78 is 12.9. The van der Waals surface area contributed by atoms with E-state index in [2.05, 4.69) is 15.2 Å². The van der Waals surface area contributed by atoms with E-state index in [1.54, 1.807) is 19.5 Å². The molecule has 7 heteroatoms. The van der Waals surface area contributed by atoms with Crippen molar-refractivity contribution in [1.82, 2.24) is 19.7 Å². The zero-order valence-corrected chi connectivity index (χ0v) is 11.5. The highest BCUT2D eigenvalue weighted by molar-refractivity contribution is 7.71. The summed E-state index contributed by atoms with van der Waals surface area (Å²) in [4.78, 5) is 3.99. The number of methoxy groups -OCH3 is 1. The molecular weight excluding hydrogens is 264 g/mol. The van der Waals surface area contributed by atoms with Crippen molar-refractivity contribution in [2.45, 2.75) is 6.54 Å². The number of H-pyrrole nitrogens is 1. The summed E-state index contributed by atoms with van der Waals surface area (Å²) in [5, 5.41) is 7.04. The summed E-state index contributed by atoms with van der Waals surface area (Å²) in [6.07, 6.45) is 3.46. The lowest BCUT2D eigenvalue weighted by atomic mass is 10.2. The highest BCUT2D eigenvalue weighted by Crippen LogP contribution is 2.15. The molecule has 0 atom stereocenters. The van der Waals surface area contributed by atoms with E-state index < -0.39 is 0 Å². The molecule has 2 rings (SSSR count). The largest absolute Gasteiger partial charge is 0.382 e. The summed E-state index contributed by atoms with van der Waals surface area (Å²) in [6.45, 7) is 2.38. The van der Waals surface area contributed by atoms with Gasteiger partial charge < -0.3 is 9.47 Å². The maximum atomic E-state index is 5.45. The second-order valence-electron chi connectivity index (χ2n) is 3.85. The highest BCUT2D eigenvalue weighted by atomic mass is 32.1. The molecule has 2 aromatic heterocycles. The minimum atomic E-state index is 0.565. The number of pyridine rings is 1. The second kappa shape index (κ2) is 7.13. The lowest BCUT2D eigenvalue weighted by molar-refractivity contribution is 0.0666. The third-order valence-electron chi connectivity index (χ3n) is 2.59. The first kappa shape index (κ1) is 13.9. The van der Waals surface area contributed by atoms with Crippen LogP contribution in [0.3, 0.4) is 0 Å². The van der Waals surface area contributed by atoms with Crippen LogP contribution < -0.4 is 0 Å². The van der Waals surface area contributed by atoms with E-state index in [1.807, 2.05) is 16.7 Å². The van der Waals surface area contributed by atoms with Crippen LogP contribution in [0.4, 0.5) is 0 Å². The van der Waals surface area contributed by atoms with E-state index in [0.717, 1.165) is 11.4 Å². The molecule has 0 spiro atoms. The summed E-state index contributed by atoms with van der Waals surface area (Å²) in [5.74, 6) is 0.794. The second-order valence-corrected chi connectivity index (χ2v) is 4.23. The number of aromatic amines is 1. The molecular formula is C12H16N4O2S. The Morgan fingerprint density at radius 3 is 2.79 bits per heavy atom. The number of hydrogen-bond donors (Lipinski definition) is 1. The first-order chi connectivity index (χ1) is 9.33. The molecule has 0 aliphatic rings. The van der Waals surface area contributed by atoms with Crippen LogP contribution in [0.1, 0.15) is 0 Å². The van der Waals surface area contributed by atoms with Crippen LogP contribution in [0.25, 0.3) is 11.4 Å². The van der Waals surface area contributed by atoms with Gasteiger partial charge in [-0.25, -0.2) is 0 Å². The predicted molar refractivity (Wildman–Crippen MR) is 73.3 cm³/mol. The van der Waals surface area contributed by atoms with Crippen LogP contribution >= 0.6 is 12.2 Å². The molecule has 6 nitrogen and oxygen atoms in total. The number of rotatable bonds is 7. The Bertz CT molecular complexity index is 552. The Kier molecular flexibility index (Phi) is 5.20. The quantitative estimate of drug-likeness (QED) is 0.617. The summed E-state index contributed by atoms with van der Waals surface area (Å²) in [6, 6.07) is 3.79. The number of hydrogen-bond acceptors (Lipinski definition) is 5. The SMILES string of the molecule is COCCOCCn1c(-c2ccncc2)n[nH]c1=S. The van der Waals surface area contributed by atoms with E-state index in [1.165, 1.54) is 0 Å². The van der Waals surface area contributed by atoms with Crippen molar-refractivity contribution in [3.05, 3.63) is 29.3 Å². The van der Waals surface area contributed by atoms with Gasteiger partial charge >= 0.3 is 0 Å². The van der Waals surface area contributed by atoms with Crippen LogP contribution in [0, 0.1) is 4.77 Å². The van der Waals surface area contributed by atoms with Crippen molar-refractivity contribution in [1.29, 1.82) is 0 Å².